The van der Waals surface area contributed by atoms with Crippen molar-refractivity contribution in [3.05, 3.63) is 101 Å². The summed E-state index contributed by atoms with van der Waals surface area (Å²) in [7, 11) is -2.43. The van der Waals surface area contributed by atoms with E-state index in [0.717, 1.165) is 0 Å². The van der Waals surface area contributed by atoms with Crippen LogP contribution in [0.1, 0.15) is 21.5 Å². The highest BCUT2D eigenvalue weighted by Crippen LogP contribution is 2.25. The molecule has 1 aromatic heterocycles. The van der Waals surface area contributed by atoms with Gasteiger partial charge in [0.25, 0.3) is 0 Å². The van der Waals surface area contributed by atoms with Crippen molar-refractivity contribution >= 4 is 33.3 Å². The molecule has 0 aliphatic rings. The second-order valence-electron chi connectivity index (χ2n) is 7.94. The van der Waals surface area contributed by atoms with Gasteiger partial charge in [0.1, 0.15) is 23.7 Å². The van der Waals surface area contributed by atoms with Gasteiger partial charge in [-0.1, -0.05) is 35.9 Å². The number of sulfonamides is 1. The summed E-state index contributed by atoms with van der Waals surface area (Å²) in [5, 5.41) is 10.3. The largest absolute Gasteiger partial charge is 0.507 e. The lowest BCUT2D eigenvalue weighted by molar-refractivity contribution is 0.0597. The van der Waals surface area contributed by atoms with E-state index in [1.807, 2.05) is 0 Å². The molecule has 4 aromatic rings. The average molecular weight is 540 g/mol. The molecule has 190 valence electrons. The number of benzene rings is 3. The Morgan fingerprint density at radius 1 is 1.00 bits per heavy atom. The lowest BCUT2D eigenvalue weighted by Gasteiger charge is -2.10. The Morgan fingerprint density at radius 2 is 1.73 bits per heavy atom. The molecule has 0 radical (unpaired) electrons. The van der Waals surface area contributed by atoms with Crippen molar-refractivity contribution < 1.29 is 27.8 Å². The predicted octanol–water partition coefficient (Wildman–Crippen LogP) is 4.81. The number of ether oxygens (including phenoxy) is 2. The fourth-order valence-electron chi connectivity index (χ4n) is 3.36. The number of hydrogen-bond donors (Lipinski definition) is 2. The Bertz CT molecular complexity index is 1510. The van der Waals surface area contributed by atoms with E-state index in [9.17, 15) is 18.3 Å². The van der Waals surface area contributed by atoms with Gasteiger partial charge in [-0.15, -0.1) is 0 Å². The van der Waals surface area contributed by atoms with Gasteiger partial charge in [-0.3, -0.25) is 4.72 Å². The highest BCUT2D eigenvalue weighted by Gasteiger charge is 2.14. The van der Waals surface area contributed by atoms with E-state index in [-0.39, 0.29) is 23.7 Å². The van der Waals surface area contributed by atoms with E-state index in [0.29, 0.717) is 39.0 Å². The Hall–Kier alpha value is -4.15. The number of nitrogens with zero attached hydrogens (tertiary/aromatic N) is 2. The van der Waals surface area contributed by atoms with Crippen LogP contribution in [-0.4, -0.2) is 36.6 Å². The number of aromatic hydroxyl groups is 1. The third-order valence-electron chi connectivity index (χ3n) is 5.15. The second-order valence-corrected chi connectivity index (χ2v) is 10.1. The molecule has 0 unspecified atom stereocenters. The van der Waals surface area contributed by atoms with Gasteiger partial charge in [-0.05, 0) is 48.0 Å². The van der Waals surface area contributed by atoms with Crippen LogP contribution in [0.3, 0.4) is 0 Å². The van der Waals surface area contributed by atoms with Gasteiger partial charge >= 0.3 is 5.97 Å². The first-order valence-electron chi connectivity index (χ1n) is 10.9. The van der Waals surface area contributed by atoms with Crippen LogP contribution in [0.5, 0.6) is 11.5 Å². The van der Waals surface area contributed by atoms with Crippen LogP contribution >= 0.6 is 11.6 Å². The van der Waals surface area contributed by atoms with Crippen molar-refractivity contribution in [1.29, 1.82) is 0 Å². The van der Waals surface area contributed by atoms with Crippen molar-refractivity contribution in [1.82, 2.24) is 9.97 Å². The first-order chi connectivity index (χ1) is 17.7. The molecular formula is C26H22ClN3O6S. The number of carbonyl (C=O) groups is 1. The highest BCUT2D eigenvalue weighted by atomic mass is 35.5. The minimum atomic E-state index is -3.65. The number of halogens is 1. The minimum absolute atomic E-state index is 0.00438. The summed E-state index contributed by atoms with van der Waals surface area (Å²) in [6.45, 7) is 0.121. The zero-order valence-corrected chi connectivity index (χ0v) is 21.2. The van der Waals surface area contributed by atoms with Gasteiger partial charge in [-0.25, -0.2) is 23.2 Å². The molecule has 0 fully saturated rings. The molecule has 0 saturated heterocycles. The molecule has 0 atom stereocenters. The standard InChI is InChI=1S/C26H22ClN3O6S/c1-35-26(32)23-12-22(9-10-24(23)31)36-15-18-13-28-25(29-14-18)19-3-2-4-21(11-19)30-37(33,34)16-17-5-7-20(27)8-6-17/h2-14,30-31H,15-16H2,1H3. The average Bonchev–Trinajstić information content (AvgIpc) is 2.89. The number of nitrogens with one attached hydrogen (secondary N) is 1. The summed E-state index contributed by atoms with van der Waals surface area (Å²) in [6, 6.07) is 17.6. The number of aromatic nitrogens is 2. The van der Waals surface area contributed by atoms with E-state index >= 15 is 0 Å². The third kappa shape index (κ3) is 6.96. The molecule has 9 nitrogen and oxygen atoms in total. The van der Waals surface area contributed by atoms with Crippen molar-refractivity contribution in [3.63, 3.8) is 0 Å². The summed E-state index contributed by atoms with van der Waals surface area (Å²) in [6.07, 6.45) is 3.17. The second kappa shape index (κ2) is 11.3. The van der Waals surface area contributed by atoms with Crippen molar-refractivity contribution in [2.75, 3.05) is 11.8 Å². The molecule has 0 spiro atoms. The molecule has 2 N–H and O–H groups in total. The molecule has 0 amide bonds. The molecule has 0 saturated carbocycles. The maximum atomic E-state index is 12.6. The van der Waals surface area contributed by atoms with Gasteiger partial charge in [0.15, 0.2) is 5.82 Å². The summed E-state index contributed by atoms with van der Waals surface area (Å²) < 4.78 is 38.1. The number of hydrogen-bond acceptors (Lipinski definition) is 8. The van der Waals surface area contributed by atoms with E-state index in [1.54, 1.807) is 60.9 Å². The SMILES string of the molecule is COC(=O)c1cc(OCc2cnc(-c3cccc(NS(=O)(=O)Cc4ccc(Cl)cc4)c3)nc2)ccc1O. The normalized spacial score (nSPS) is 11.1. The lowest BCUT2D eigenvalue weighted by atomic mass is 10.2. The van der Waals surface area contributed by atoms with Crippen LogP contribution in [0.15, 0.2) is 79.1 Å². The maximum Gasteiger partial charge on any atom is 0.341 e. The maximum absolute atomic E-state index is 12.6. The number of phenols is 1. The zero-order chi connectivity index (χ0) is 26.4. The first kappa shape index (κ1) is 25.9. The lowest BCUT2D eigenvalue weighted by Crippen LogP contribution is -2.15. The quantitative estimate of drug-likeness (QED) is 0.290. The molecule has 4 rings (SSSR count). The molecule has 3 aromatic carbocycles. The van der Waals surface area contributed by atoms with Gasteiger partial charge in [0.05, 0.1) is 12.9 Å². The molecule has 1 heterocycles. The smallest absolute Gasteiger partial charge is 0.341 e. The van der Waals surface area contributed by atoms with Gasteiger partial charge in [-0.2, -0.15) is 0 Å². The van der Waals surface area contributed by atoms with Gasteiger partial charge in [0, 0.05) is 34.2 Å². The van der Waals surface area contributed by atoms with Crippen LogP contribution in [0, 0.1) is 0 Å². The van der Waals surface area contributed by atoms with Crippen LogP contribution in [0.4, 0.5) is 5.69 Å². The molecule has 37 heavy (non-hydrogen) atoms. The summed E-state index contributed by atoms with van der Waals surface area (Å²) in [4.78, 5) is 20.4. The summed E-state index contributed by atoms with van der Waals surface area (Å²) in [5.74, 6) is -0.311. The minimum Gasteiger partial charge on any atom is -0.507 e. The number of methoxy groups -OCH3 is 1. The monoisotopic (exact) mass is 539 g/mol. The fourth-order valence-corrected chi connectivity index (χ4v) is 4.68. The topological polar surface area (TPSA) is 128 Å². The number of esters is 1. The number of anilines is 1. The van der Waals surface area contributed by atoms with Crippen LogP contribution in [0.25, 0.3) is 11.4 Å². The number of phenolic OH excluding ortho intramolecular Hbond substituents is 1. The molecule has 0 bridgehead atoms. The third-order valence-corrected chi connectivity index (χ3v) is 6.66. The zero-order valence-electron chi connectivity index (χ0n) is 19.6. The van der Waals surface area contributed by atoms with Crippen LogP contribution in [-0.2, 0) is 27.1 Å². The molecule has 0 aliphatic heterocycles. The van der Waals surface area contributed by atoms with E-state index in [2.05, 4.69) is 19.4 Å². The van der Waals surface area contributed by atoms with Crippen molar-refractivity contribution in [3.8, 4) is 22.9 Å². The Balaban J connectivity index is 1.41. The van der Waals surface area contributed by atoms with Crippen LogP contribution in [0.2, 0.25) is 5.02 Å². The molecular weight excluding hydrogens is 518 g/mol. The van der Waals surface area contributed by atoms with E-state index in [1.165, 1.54) is 25.3 Å². The van der Waals surface area contributed by atoms with Crippen LogP contribution < -0.4 is 9.46 Å². The summed E-state index contributed by atoms with van der Waals surface area (Å²) >= 11 is 5.86. The van der Waals surface area contributed by atoms with Crippen molar-refractivity contribution in [2.24, 2.45) is 0 Å². The van der Waals surface area contributed by atoms with Gasteiger partial charge < -0.3 is 14.6 Å². The molecule has 0 aliphatic carbocycles. The van der Waals surface area contributed by atoms with E-state index in [4.69, 9.17) is 16.3 Å². The number of rotatable bonds is 9. The Labute approximate surface area is 218 Å². The van der Waals surface area contributed by atoms with Crippen molar-refractivity contribution in [2.45, 2.75) is 12.4 Å². The molecule has 11 heteroatoms. The predicted molar refractivity (Wildman–Crippen MR) is 139 cm³/mol. The fraction of sp³-hybridized carbons (Fsp3) is 0.115. The van der Waals surface area contributed by atoms with Gasteiger partial charge in [0.2, 0.25) is 10.0 Å². The first-order valence-corrected chi connectivity index (χ1v) is 13.0. The number of carbonyl (C=O) groups excluding carboxylic acids is 1. The Morgan fingerprint density at radius 3 is 2.43 bits per heavy atom. The Kier molecular flexibility index (Phi) is 7.90. The summed E-state index contributed by atoms with van der Waals surface area (Å²) in [5.41, 5.74) is 2.28. The highest BCUT2D eigenvalue weighted by molar-refractivity contribution is 7.91. The van der Waals surface area contributed by atoms with E-state index < -0.39 is 16.0 Å².